The summed E-state index contributed by atoms with van der Waals surface area (Å²) in [5.74, 6) is -0.187. The number of nitrogens with zero attached hydrogens (tertiary/aromatic N) is 1. The Morgan fingerprint density at radius 1 is 1.47 bits per heavy atom. The first-order valence-electron chi connectivity index (χ1n) is 4.63. The summed E-state index contributed by atoms with van der Waals surface area (Å²) >= 11 is 1.54. The summed E-state index contributed by atoms with van der Waals surface area (Å²) in [6, 6.07) is 5.32. The lowest BCUT2D eigenvalue weighted by atomic mass is 10.2. The van der Waals surface area contributed by atoms with Crippen LogP contribution in [0.1, 0.15) is 11.3 Å². The zero-order valence-corrected chi connectivity index (χ0v) is 9.14. The minimum atomic E-state index is -0.187. The third-order valence-electron chi connectivity index (χ3n) is 2.14. The van der Waals surface area contributed by atoms with E-state index in [1.807, 2.05) is 11.4 Å². The smallest absolute Gasteiger partial charge is 0.149 e. The van der Waals surface area contributed by atoms with Crippen molar-refractivity contribution in [3.63, 3.8) is 0 Å². The quantitative estimate of drug-likeness (QED) is 0.862. The molecular formula is C11H11FN2S. The second kappa shape index (κ2) is 4.40. The van der Waals surface area contributed by atoms with Crippen LogP contribution < -0.4 is 5.32 Å². The number of aromatic nitrogens is 1. The predicted octanol–water partition coefficient (Wildman–Crippen LogP) is 3.20. The van der Waals surface area contributed by atoms with E-state index < -0.39 is 0 Å². The highest BCUT2D eigenvalue weighted by atomic mass is 32.1. The molecule has 0 atom stereocenters. The number of benzene rings is 1. The van der Waals surface area contributed by atoms with E-state index in [0.717, 1.165) is 5.69 Å². The summed E-state index contributed by atoms with van der Waals surface area (Å²) in [6.45, 7) is 2.31. The first-order valence-corrected chi connectivity index (χ1v) is 5.57. The van der Waals surface area contributed by atoms with Crippen LogP contribution in [0, 0.1) is 12.7 Å². The maximum absolute atomic E-state index is 13.6. The van der Waals surface area contributed by atoms with E-state index in [-0.39, 0.29) is 5.82 Å². The van der Waals surface area contributed by atoms with Crippen LogP contribution in [0.4, 0.5) is 10.1 Å². The molecule has 0 saturated carbocycles. The Bertz CT molecular complexity index is 440. The van der Waals surface area contributed by atoms with Gasteiger partial charge in [-0.1, -0.05) is 12.1 Å². The Labute approximate surface area is 91.8 Å². The van der Waals surface area contributed by atoms with Crippen LogP contribution >= 0.6 is 11.3 Å². The average Bonchev–Trinajstić information content (AvgIpc) is 2.73. The molecule has 0 saturated heterocycles. The van der Waals surface area contributed by atoms with Gasteiger partial charge in [0.2, 0.25) is 0 Å². The first kappa shape index (κ1) is 10.1. The van der Waals surface area contributed by atoms with Crippen LogP contribution in [0.15, 0.2) is 29.1 Å². The van der Waals surface area contributed by atoms with Crippen molar-refractivity contribution in [3.05, 3.63) is 46.2 Å². The van der Waals surface area contributed by atoms with Gasteiger partial charge in [0.15, 0.2) is 0 Å². The summed E-state index contributed by atoms with van der Waals surface area (Å²) in [6.07, 6.45) is 0. The summed E-state index contributed by atoms with van der Waals surface area (Å²) in [7, 11) is 0. The first-order chi connectivity index (χ1) is 7.27. The van der Waals surface area contributed by atoms with Crippen molar-refractivity contribution in [2.75, 3.05) is 5.32 Å². The maximum Gasteiger partial charge on any atom is 0.149 e. The van der Waals surface area contributed by atoms with E-state index in [2.05, 4.69) is 10.3 Å². The number of hydrogen-bond donors (Lipinski definition) is 1. The Morgan fingerprint density at radius 3 is 3.07 bits per heavy atom. The van der Waals surface area contributed by atoms with Crippen molar-refractivity contribution >= 4 is 17.0 Å². The van der Waals surface area contributed by atoms with Gasteiger partial charge in [0, 0.05) is 5.38 Å². The molecule has 0 bridgehead atoms. The zero-order chi connectivity index (χ0) is 10.7. The summed E-state index contributed by atoms with van der Waals surface area (Å²) in [5, 5.41) is 4.97. The van der Waals surface area contributed by atoms with E-state index in [9.17, 15) is 4.39 Å². The molecule has 0 amide bonds. The SMILES string of the molecule is Cc1cccc(NCc2cscn2)c1F. The molecule has 0 spiro atoms. The Kier molecular flexibility index (Phi) is 2.97. The molecule has 0 aliphatic rings. The molecule has 1 aromatic heterocycles. The minimum Gasteiger partial charge on any atom is -0.377 e. The Morgan fingerprint density at radius 2 is 2.33 bits per heavy atom. The van der Waals surface area contributed by atoms with Crippen molar-refractivity contribution in [3.8, 4) is 0 Å². The fourth-order valence-electron chi connectivity index (χ4n) is 1.29. The third-order valence-corrected chi connectivity index (χ3v) is 2.77. The van der Waals surface area contributed by atoms with Gasteiger partial charge in [-0.05, 0) is 18.6 Å². The number of hydrogen-bond acceptors (Lipinski definition) is 3. The molecule has 15 heavy (non-hydrogen) atoms. The molecule has 2 aromatic rings. The number of aryl methyl sites for hydroxylation is 1. The summed E-state index contributed by atoms with van der Waals surface area (Å²) < 4.78 is 13.6. The van der Waals surface area contributed by atoms with E-state index in [4.69, 9.17) is 0 Å². The van der Waals surface area contributed by atoms with Gasteiger partial charge in [0.25, 0.3) is 0 Å². The van der Waals surface area contributed by atoms with Gasteiger partial charge in [-0.25, -0.2) is 9.37 Å². The lowest BCUT2D eigenvalue weighted by Crippen LogP contribution is -2.02. The molecule has 4 heteroatoms. The molecule has 2 nitrogen and oxygen atoms in total. The molecule has 0 unspecified atom stereocenters. The third kappa shape index (κ3) is 2.33. The molecular weight excluding hydrogens is 211 g/mol. The molecule has 1 heterocycles. The minimum absolute atomic E-state index is 0.187. The van der Waals surface area contributed by atoms with Crippen molar-refractivity contribution in [2.45, 2.75) is 13.5 Å². The van der Waals surface area contributed by atoms with E-state index in [1.165, 1.54) is 11.3 Å². The Hall–Kier alpha value is -1.42. The van der Waals surface area contributed by atoms with Crippen molar-refractivity contribution in [1.82, 2.24) is 4.98 Å². The van der Waals surface area contributed by atoms with Gasteiger partial charge in [-0.15, -0.1) is 11.3 Å². The predicted molar refractivity (Wildman–Crippen MR) is 60.6 cm³/mol. The fraction of sp³-hybridized carbons (Fsp3) is 0.182. The van der Waals surface area contributed by atoms with Crippen LogP contribution in [0.2, 0.25) is 0 Å². The average molecular weight is 222 g/mol. The summed E-state index contributed by atoms with van der Waals surface area (Å²) in [5.41, 5.74) is 3.88. The van der Waals surface area contributed by atoms with E-state index in [1.54, 1.807) is 24.6 Å². The van der Waals surface area contributed by atoms with Gasteiger partial charge >= 0.3 is 0 Å². The lowest BCUT2D eigenvalue weighted by Gasteiger charge is -2.07. The molecule has 78 valence electrons. The van der Waals surface area contributed by atoms with Crippen molar-refractivity contribution in [2.24, 2.45) is 0 Å². The molecule has 0 radical (unpaired) electrons. The molecule has 0 aliphatic heterocycles. The van der Waals surface area contributed by atoms with Gasteiger partial charge < -0.3 is 5.32 Å². The largest absolute Gasteiger partial charge is 0.377 e. The van der Waals surface area contributed by atoms with Gasteiger partial charge in [0.1, 0.15) is 5.82 Å². The number of rotatable bonds is 3. The van der Waals surface area contributed by atoms with Gasteiger partial charge in [-0.2, -0.15) is 0 Å². The maximum atomic E-state index is 13.6. The van der Waals surface area contributed by atoms with E-state index >= 15 is 0 Å². The van der Waals surface area contributed by atoms with Crippen LogP contribution in [0.5, 0.6) is 0 Å². The summed E-state index contributed by atoms with van der Waals surface area (Å²) in [4.78, 5) is 4.12. The van der Waals surface area contributed by atoms with Crippen LogP contribution in [-0.4, -0.2) is 4.98 Å². The van der Waals surface area contributed by atoms with Crippen molar-refractivity contribution in [1.29, 1.82) is 0 Å². The fourth-order valence-corrected chi connectivity index (χ4v) is 1.85. The zero-order valence-electron chi connectivity index (χ0n) is 8.33. The molecule has 0 fully saturated rings. The molecule has 1 N–H and O–H groups in total. The van der Waals surface area contributed by atoms with Crippen molar-refractivity contribution < 1.29 is 4.39 Å². The second-order valence-electron chi connectivity index (χ2n) is 3.27. The molecule has 0 aliphatic carbocycles. The highest BCUT2D eigenvalue weighted by Gasteiger charge is 2.04. The Balaban J connectivity index is 2.08. The van der Waals surface area contributed by atoms with Crippen LogP contribution in [0.3, 0.4) is 0 Å². The highest BCUT2D eigenvalue weighted by molar-refractivity contribution is 7.07. The van der Waals surface area contributed by atoms with Crippen LogP contribution in [-0.2, 0) is 6.54 Å². The van der Waals surface area contributed by atoms with Crippen LogP contribution in [0.25, 0.3) is 0 Å². The topological polar surface area (TPSA) is 24.9 Å². The normalized spacial score (nSPS) is 10.3. The van der Waals surface area contributed by atoms with Gasteiger partial charge in [-0.3, -0.25) is 0 Å². The standard InChI is InChI=1S/C11H11FN2S/c1-8-3-2-4-10(11(8)12)13-5-9-6-15-7-14-9/h2-4,6-7,13H,5H2,1H3. The lowest BCUT2D eigenvalue weighted by molar-refractivity contribution is 0.621. The van der Waals surface area contributed by atoms with Gasteiger partial charge in [0.05, 0.1) is 23.4 Å². The monoisotopic (exact) mass is 222 g/mol. The number of anilines is 1. The number of halogens is 1. The highest BCUT2D eigenvalue weighted by Crippen LogP contribution is 2.17. The number of nitrogens with one attached hydrogen (secondary N) is 1. The number of thiazole rings is 1. The molecule has 2 rings (SSSR count). The second-order valence-corrected chi connectivity index (χ2v) is 3.99. The van der Waals surface area contributed by atoms with E-state index in [0.29, 0.717) is 17.8 Å². The molecule has 1 aromatic carbocycles.